The summed E-state index contributed by atoms with van der Waals surface area (Å²) in [6.45, 7) is 10.2. The first-order valence-corrected chi connectivity index (χ1v) is 12.9. The van der Waals surface area contributed by atoms with Gasteiger partial charge < -0.3 is 9.64 Å². The monoisotopic (exact) mass is 454 g/mol. The maximum absolute atomic E-state index is 12.9. The molecule has 1 aromatic carbocycles. The number of aromatic nitrogens is 1. The van der Waals surface area contributed by atoms with Gasteiger partial charge in [-0.15, -0.1) is 11.3 Å². The highest BCUT2D eigenvalue weighted by atomic mass is 32.1. The number of nitrogens with zero attached hydrogens (tertiary/aromatic N) is 4. The number of piperazine rings is 1. The molecule has 2 aromatic rings. The molecule has 0 atom stereocenters. The van der Waals surface area contributed by atoms with Crippen molar-refractivity contribution in [3.63, 3.8) is 0 Å². The Morgan fingerprint density at radius 2 is 2.00 bits per heavy atom. The van der Waals surface area contributed by atoms with Crippen molar-refractivity contribution in [3.05, 3.63) is 34.8 Å². The van der Waals surface area contributed by atoms with Crippen LogP contribution in [0.25, 0.3) is 10.6 Å². The summed E-state index contributed by atoms with van der Waals surface area (Å²) in [7, 11) is 0. The van der Waals surface area contributed by atoms with Gasteiger partial charge in [0.1, 0.15) is 10.8 Å². The molecular weight excluding hydrogens is 420 g/mol. The highest BCUT2D eigenvalue weighted by molar-refractivity contribution is 7.15. The number of carbonyl (C=O) groups is 1. The molecule has 0 N–H and O–H groups in total. The van der Waals surface area contributed by atoms with E-state index in [-0.39, 0.29) is 12.0 Å². The minimum absolute atomic E-state index is 0.155. The van der Waals surface area contributed by atoms with E-state index >= 15 is 0 Å². The van der Waals surface area contributed by atoms with Crippen molar-refractivity contribution in [2.45, 2.75) is 58.2 Å². The van der Waals surface area contributed by atoms with Crippen LogP contribution in [-0.4, -0.2) is 77.0 Å². The van der Waals surface area contributed by atoms with Gasteiger partial charge in [0.15, 0.2) is 0 Å². The van der Waals surface area contributed by atoms with Gasteiger partial charge >= 0.3 is 0 Å². The molecule has 1 aliphatic carbocycles. The van der Waals surface area contributed by atoms with Crippen LogP contribution < -0.4 is 4.74 Å². The summed E-state index contributed by atoms with van der Waals surface area (Å²) in [6, 6.07) is 8.99. The van der Waals surface area contributed by atoms with Gasteiger partial charge in [-0.3, -0.25) is 14.6 Å². The topological polar surface area (TPSA) is 48.9 Å². The molecule has 0 bridgehead atoms. The lowest BCUT2D eigenvalue weighted by Gasteiger charge is -2.43. The molecule has 0 spiro atoms. The second kappa shape index (κ2) is 9.49. The molecule has 172 valence electrons. The quantitative estimate of drug-likeness (QED) is 0.667. The van der Waals surface area contributed by atoms with Crippen LogP contribution >= 0.6 is 11.3 Å². The van der Waals surface area contributed by atoms with Crippen molar-refractivity contribution in [3.8, 4) is 16.3 Å². The van der Waals surface area contributed by atoms with Gasteiger partial charge in [-0.05, 0) is 38.8 Å². The van der Waals surface area contributed by atoms with E-state index in [2.05, 4.69) is 26.8 Å². The van der Waals surface area contributed by atoms with Crippen LogP contribution in [0.2, 0.25) is 0 Å². The number of hydrogen-bond donors (Lipinski definition) is 0. The summed E-state index contributed by atoms with van der Waals surface area (Å²) in [4.78, 5) is 26.1. The Kier molecular flexibility index (Phi) is 6.49. The summed E-state index contributed by atoms with van der Waals surface area (Å²) >= 11 is 1.75. The molecule has 1 saturated heterocycles. The molecule has 32 heavy (non-hydrogen) atoms. The number of carbonyl (C=O) groups excluding carboxylic acids is 1. The van der Waals surface area contributed by atoms with Crippen LogP contribution in [0.3, 0.4) is 0 Å². The molecule has 2 aliphatic heterocycles. The average Bonchev–Trinajstić information content (AvgIpc) is 3.16. The minimum atomic E-state index is 0.155. The minimum Gasteiger partial charge on any atom is -0.491 e. The predicted octanol–water partition coefficient (Wildman–Crippen LogP) is 3.65. The van der Waals surface area contributed by atoms with Crippen LogP contribution in [0.4, 0.5) is 0 Å². The van der Waals surface area contributed by atoms with Crippen LogP contribution in [0.5, 0.6) is 5.75 Å². The molecule has 3 aliphatic rings. The van der Waals surface area contributed by atoms with Gasteiger partial charge in [-0.25, -0.2) is 4.98 Å². The van der Waals surface area contributed by atoms with Crippen molar-refractivity contribution < 1.29 is 9.53 Å². The maximum Gasteiger partial charge on any atom is 0.236 e. The third-order valence-corrected chi connectivity index (χ3v) is 8.01. The van der Waals surface area contributed by atoms with Crippen LogP contribution in [-0.2, 0) is 17.8 Å². The third-order valence-electron chi connectivity index (χ3n) is 6.88. The van der Waals surface area contributed by atoms with Gasteiger partial charge in [0.05, 0.1) is 18.3 Å². The first-order chi connectivity index (χ1) is 15.5. The predicted molar refractivity (Wildman–Crippen MR) is 128 cm³/mol. The van der Waals surface area contributed by atoms with E-state index in [1.807, 2.05) is 26.0 Å². The molecule has 0 radical (unpaired) electrons. The summed E-state index contributed by atoms with van der Waals surface area (Å²) in [6.07, 6.45) is 5.13. The largest absolute Gasteiger partial charge is 0.491 e. The van der Waals surface area contributed by atoms with E-state index < -0.39 is 0 Å². The number of benzene rings is 1. The Hall–Kier alpha value is -1.96. The van der Waals surface area contributed by atoms with E-state index in [1.165, 1.54) is 29.8 Å². The number of fused-ring (bicyclic) bond motifs is 1. The fourth-order valence-corrected chi connectivity index (χ4v) is 6.01. The molecule has 1 amide bonds. The highest BCUT2D eigenvalue weighted by Crippen LogP contribution is 2.33. The Morgan fingerprint density at radius 1 is 1.19 bits per heavy atom. The Balaban J connectivity index is 1.17. The number of amides is 1. The molecule has 3 heterocycles. The molecule has 5 rings (SSSR count). The normalized spacial score (nSPS) is 20.3. The lowest BCUT2D eigenvalue weighted by atomic mass is 9.91. The number of thiazole rings is 1. The lowest BCUT2D eigenvalue weighted by molar-refractivity contribution is -0.135. The zero-order valence-electron chi connectivity index (χ0n) is 19.3. The molecule has 1 aromatic heterocycles. The Morgan fingerprint density at radius 3 is 2.72 bits per heavy atom. The standard InChI is InChI=1S/C25H34N4O2S/c1-18(2)31-21-8-3-5-19(15-21)25-26-22-9-10-27(16-23(22)32-25)17-24(30)29-13-11-28(12-14-29)20-6-4-7-20/h3,5,8,15,18,20H,4,6-7,9-14,16-17H2,1-2H3. The van der Waals surface area contributed by atoms with Crippen molar-refractivity contribution in [2.24, 2.45) is 0 Å². The van der Waals surface area contributed by atoms with Gasteiger partial charge in [0.25, 0.3) is 0 Å². The molecule has 1 saturated carbocycles. The van der Waals surface area contributed by atoms with Crippen LogP contribution in [0, 0.1) is 0 Å². The fourth-order valence-electron chi connectivity index (χ4n) is 4.86. The summed E-state index contributed by atoms with van der Waals surface area (Å²) in [5.74, 6) is 1.17. The zero-order valence-corrected chi connectivity index (χ0v) is 20.1. The first kappa shape index (κ1) is 21.9. The summed E-state index contributed by atoms with van der Waals surface area (Å²) < 4.78 is 5.85. The number of hydrogen-bond acceptors (Lipinski definition) is 6. The van der Waals surface area contributed by atoms with Gasteiger partial charge in [-0.2, -0.15) is 0 Å². The molecule has 7 heteroatoms. The molecular formula is C25H34N4O2S. The van der Waals surface area contributed by atoms with Crippen LogP contribution in [0.1, 0.15) is 43.7 Å². The smallest absolute Gasteiger partial charge is 0.236 e. The van der Waals surface area contributed by atoms with E-state index in [0.29, 0.717) is 6.54 Å². The summed E-state index contributed by atoms with van der Waals surface area (Å²) in [5, 5.41) is 1.05. The fraction of sp³-hybridized carbons (Fsp3) is 0.600. The molecule has 2 fully saturated rings. The van der Waals surface area contributed by atoms with E-state index in [0.717, 1.165) is 68.1 Å². The van der Waals surface area contributed by atoms with E-state index in [1.54, 1.807) is 11.3 Å². The highest BCUT2D eigenvalue weighted by Gasteiger charge is 2.30. The number of rotatable bonds is 6. The van der Waals surface area contributed by atoms with Crippen molar-refractivity contribution in [2.75, 3.05) is 39.3 Å². The third kappa shape index (κ3) is 4.85. The van der Waals surface area contributed by atoms with Crippen molar-refractivity contribution in [1.82, 2.24) is 19.7 Å². The zero-order chi connectivity index (χ0) is 22.1. The average molecular weight is 455 g/mol. The molecule has 0 unspecified atom stereocenters. The second-order valence-electron chi connectivity index (χ2n) is 9.55. The number of ether oxygens (including phenoxy) is 1. The summed E-state index contributed by atoms with van der Waals surface area (Å²) in [5.41, 5.74) is 2.30. The Bertz CT molecular complexity index is 947. The van der Waals surface area contributed by atoms with Gasteiger partial charge in [0, 0.05) is 62.2 Å². The second-order valence-corrected chi connectivity index (χ2v) is 10.6. The Labute approximate surface area is 195 Å². The van der Waals surface area contributed by atoms with Gasteiger partial charge in [0.2, 0.25) is 5.91 Å². The van der Waals surface area contributed by atoms with Crippen molar-refractivity contribution in [1.29, 1.82) is 0 Å². The van der Waals surface area contributed by atoms with Gasteiger partial charge in [-0.1, -0.05) is 18.6 Å². The van der Waals surface area contributed by atoms with Crippen molar-refractivity contribution >= 4 is 17.2 Å². The first-order valence-electron chi connectivity index (χ1n) is 12.0. The maximum atomic E-state index is 12.9. The molecule has 6 nitrogen and oxygen atoms in total. The van der Waals surface area contributed by atoms with E-state index in [9.17, 15) is 4.79 Å². The SMILES string of the molecule is CC(C)Oc1cccc(-c2nc3c(s2)CN(CC(=O)N2CCN(C4CCC4)CC2)CC3)c1. The lowest BCUT2D eigenvalue weighted by Crippen LogP contribution is -2.55. The van der Waals surface area contributed by atoms with E-state index in [4.69, 9.17) is 9.72 Å². The van der Waals surface area contributed by atoms with Crippen LogP contribution in [0.15, 0.2) is 24.3 Å².